The number of hydrogen-bond acceptors (Lipinski definition) is 3. The average molecular weight is 315 g/mol. The van der Waals surface area contributed by atoms with E-state index in [9.17, 15) is 9.90 Å². The van der Waals surface area contributed by atoms with Gasteiger partial charge in [-0.3, -0.25) is 4.79 Å². The first-order valence-electron chi connectivity index (χ1n) is 9.45. The van der Waals surface area contributed by atoms with E-state index in [-0.39, 0.29) is 12.1 Å². The molecule has 0 aliphatic rings. The van der Waals surface area contributed by atoms with E-state index in [1.165, 1.54) is 52.1 Å². The van der Waals surface area contributed by atoms with Crippen molar-refractivity contribution in [3.8, 4) is 0 Å². The summed E-state index contributed by atoms with van der Waals surface area (Å²) in [5, 5.41) is 9.94. The standard InChI is InChI=1S/C19H38O3/c1-3-4-5-6-7-9-12-15-18(20)16-13-10-8-11-14-17-19(21)22-2/h18,20H,3-17H2,1-2H3. The Bertz CT molecular complexity index is 241. The molecule has 0 spiro atoms. The van der Waals surface area contributed by atoms with E-state index in [4.69, 9.17) is 0 Å². The molecule has 0 radical (unpaired) electrons. The van der Waals surface area contributed by atoms with E-state index >= 15 is 0 Å². The van der Waals surface area contributed by atoms with E-state index in [1.54, 1.807) is 0 Å². The van der Waals surface area contributed by atoms with Crippen molar-refractivity contribution in [3.05, 3.63) is 0 Å². The third-order valence-electron chi connectivity index (χ3n) is 4.29. The van der Waals surface area contributed by atoms with Crippen molar-refractivity contribution in [2.75, 3.05) is 7.11 Å². The van der Waals surface area contributed by atoms with Crippen LogP contribution in [0.4, 0.5) is 0 Å². The first-order chi connectivity index (χ1) is 10.7. The molecule has 3 nitrogen and oxygen atoms in total. The molecule has 0 rings (SSSR count). The molecule has 0 saturated carbocycles. The predicted octanol–water partition coefficient (Wildman–Crippen LogP) is 5.39. The van der Waals surface area contributed by atoms with Crippen LogP contribution >= 0.6 is 0 Å². The molecule has 0 fully saturated rings. The molecule has 0 heterocycles. The topological polar surface area (TPSA) is 46.5 Å². The van der Waals surface area contributed by atoms with Crippen LogP contribution in [0.5, 0.6) is 0 Å². The lowest BCUT2D eigenvalue weighted by molar-refractivity contribution is -0.140. The smallest absolute Gasteiger partial charge is 0.305 e. The minimum atomic E-state index is -0.106. The molecule has 22 heavy (non-hydrogen) atoms. The van der Waals surface area contributed by atoms with Gasteiger partial charge in [-0.15, -0.1) is 0 Å². The Labute approximate surface area is 137 Å². The molecular formula is C19H38O3. The second-order valence-corrected chi connectivity index (χ2v) is 6.45. The summed E-state index contributed by atoms with van der Waals surface area (Å²) in [6.07, 6.45) is 16.9. The maximum absolute atomic E-state index is 10.9. The van der Waals surface area contributed by atoms with Gasteiger partial charge in [0.05, 0.1) is 13.2 Å². The van der Waals surface area contributed by atoms with Crippen molar-refractivity contribution in [2.24, 2.45) is 0 Å². The van der Waals surface area contributed by atoms with Gasteiger partial charge in [0.2, 0.25) is 0 Å². The van der Waals surface area contributed by atoms with E-state index < -0.39 is 0 Å². The molecule has 0 aromatic carbocycles. The zero-order valence-electron chi connectivity index (χ0n) is 14.9. The summed E-state index contributed by atoms with van der Waals surface area (Å²) < 4.78 is 4.61. The van der Waals surface area contributed by atoms with Gasteiger partial charge in [0.25, 0.3) is 0 Å². The summed E-state index contributed by atoms with van der Waals surface area (Å²) in [6.45, 7) is 2.25. The fraction of sp³-hybridized carbons (Fsp3) is 0.947. The van der Waals surface area contributed by atoms with Gasteiger partial charge >= 0.3 is 5.97 Å². The third-order valence-corrected chi connectivity index (χ3v) is 4.29. The number of ether oxygens (including phenoxy) is 1. The molecule has 132 valence electrons. The van der Waals surface area contributed by atoms with Gasteiger partial charge in [-0.05, 0) is 19.3 Å². The van der Waals surface area contributed by atoms with Crippen molar-refractivity contribution in [1.29, 1.82) is 0 Å². The Morgan fingerprint density at radius 2 is 1.27 bits per heavy atom. The van der Waals surface area contributed by atoms with Gasteiger partial charge in [0.15, 0.2) is 0 Å². The number of esters is 1. The molecule has 0 aliphatic carbocycles. The average Bonchev–Trinajstić information content (AvgIpc) is 2.52. The normalized spacial score (nSPS) is 12.3. The highest BCUT2D eigenvalue weighted by atomic mass is 16.5. The Kier molecular flexibility index (Phi) is 16.4. The number of aliphatic hydroxyl groups is 1. The van der Waals surface area contributed by atoms with Crippen LogP contribution in [-0.2, 0) is 9.53 Å². The molecular weight excluding hydrogens is 276 g/mol. The van der Waals surface area contributed by atoms with Crippen LogP contribution in [0.25, 0.3) is 0 Å². The molecule has 0 bridgehead atoms. The summed E-state index contributed by atoms with van der Waals surface area (Å²) in [6, 6.07) is 0. The number of carbonyl (C=O) groups is 1. The summed E-state index contributed by atoms with van der Waals surface area (Å²) in [5.74, 6) is -0.106. The van der Waals surface area contributed by atoms with Gasteiger partial charge in [0, 0.05) is 6.42 Å². The number of aliphatic hydroxyl groups excluding tert-OH is 1. The van der Waals surface area contributed by atoms with Crippen LogP contribution in [-0.4, -0.2) is 24.3 Å². The number of hydrogen-bond donors (Lipinski definition) is 1. The zero-order valence-corrected chi connectivity index (χ0v) is 14.9. The lowest BCUT2D eigenvalue weighted by atomic mass is 10.0. The van der Waals surface area contributed by atoms with E-state index in [1.807, 2.05) is 0 Å². The molecule has 1 unspecified atom stereocenters. The number of carbonyl (C=O) groups excluding carboxylic acids is 1. The molecule has 1 N–H and O–H groups in total. The maximum atomic E-state index is 10.9. The minimum Gasteiger partial charge on any atom is -0.469 e. The first kappa shape index (κ1) is 21.4. The van der Waals surface area contributed by atoms with Gasteiger partial charge < -0.3 is 9.84 Å². The van der Waals surface area contributed by atoms with Crippen LogP contribution < -0.4 is 0 Å². The lowest BCUT2D eigenvalue weighted by Gasteiger charge is -2.10. The van der Waals surface area contributed by atoms with Crippen LogP contribution in [0.15, 0.2) is 0 Å². The zero-order chi connectivity index (χ0) is 16.5. The monoisotopic (exact) mass is 314 g/mol. The molecule has 3 heteroatoms. The first-order valence-corrected chi connectivity index (χ1v) is 9.45. The van der Waals surface area contributed by atoms with Crippen molar-refractivity contribution < 1.29 is 14.6 Å². The van der Waals surface area contributed by atoms with Gasteiger partial charge in [0.1, 0.15) is 0 Å². The third kappa shape index (κ3) is 15.8. The fourth-order valence-corrected chi connectivity index (χ4v) is 2.76. The minimum absolute atomic E-state index is 0.106. The largest absolute Gasteiger partial charge is 0.469 e. The molecule has 0 saturated heterocycles. The van der Waals surface area contributed by atoms with Crippen LogP contribution in [0.2, 0.25) is 0 Å². The lowest BCUT2D eigenvalue weighted by Crippen LogP contribution is -2.06. The quantitative estimate of drug-likeness (QED) is 0.307. The number of rotatable bonds is 16. The van der Waals surface area contributed by atoms with Crippen LogP contribution in [0, 0.1) is 0 Å². The second kappa shape index (κ2) is 16.8. The summed E-state index contributed by atoms with van der Waals surface area (Å²) in [5.41, 5.74) is 0. The van der Waals surface area contributed by atoms with E-state index in [2.05, 4.69) is 11.7 Å². The SMILES string of the molecule is CCCCCCCCCC(O)CCCCCCCC(=O)OC. The molecule has 0 aromatic rings. The Balaban J connectivity index is 3.19. The highest BCUT2D eigenvalue weighted by molar-refractivity contribution is 5.68. The summed E-state index contributed by atoms with van der Waals surface area (Å²) in [4.78, 5) is 10.9. The second-order valence-electron chi connectivity index (χ2n) is 6.45. The van der Waals surface area contributed by atoms with Crippen molar-refractivity contribution >= 4 is 5.97 Å². The summed E-state index contributed by atoms with van der Waals surface area (Å²) in [7, 11) is 1.44. The molecule has 0 amide bonds. The Hall–Kier alpha value is -0.570. The number of unbranched alkanes of at least 4 members (excludes halogenated alkanes) is 10. The highest BCUT2D eigenvalue weighted by Gasteiger charge is 2.04. The highest BCUT2D eigenvalue weighted by Crippen LogP contribution is 2.14. The van der Waals surface area contributed by atoms with Crippen molar-refractivity contribution in [3.63, 3.8) is 0 Å². The van der Waals surface area contributed by atoms with Gasteiger partial charge in [-0.2, -0.15) is 0 Å². The van der Waals surface area contributed by atoms with Crippen LogP contribution in [0.3, 0.4) is 0 Å². The maximum Gasteiger partial charge on any atom is 0.305 e. The fourth-order valence-electron chi connectivity index (χ4n) is 2.76. The Morgan fingerprint density at radius 1 is 0.818 bits per heavy atom. The summed E-state index contributed by atoms with van der Waals surface area (Å²) >= 11 is 0. The molecule has 0 aliphatic heterocycles. The van der Waals surface area contributed by atoms with Crippen LogP contribution in [0.1, 0.15) is 103 Å². The van der Waals surface area contributed by atoms with Gasteiger partial charge in [-0.1, -0.05) is 77.6 Å². The Morgan fingerprint density at radius 3 is 1.77 bits per heavy atom. The number of methoxy groups -OCH3 is 1. The predicted molar refractivity (Wildman–Crippen MR) is 93.0 cm³/mol. The van der Waals surface area contributed by atoms with Crippen molar-refractivity contribution in [2.45, 2.75) is 109 Å². The van der Waals surface area contributed by atoms with Gasteiger partial charge in [-0.25, -0.2) is 0 Å². The molecule has 0 aromatic heterocycles. The van der Waals surface area contributed by atoms with E-state index in [0.717, 1.165) is 44.9 Å². The van der Waals surface area contributed by atoms with Crippen molar-refractivity contribution in [1.82, 2.24) is 0 Å². The van der Waals surface area contributed by atoms with E-state index in [0.29, 0.717) is 6.42 Å². The molecule has 1 atom stereocenters.